The highest BCUT2D eigenvalue weighted by Crippen LogP contribution is 2.35. The number of fused-ring (bicyclic) bond motifs is 1. The summed E-state index contributed by atoms with van der Waals surface area (Å²) >= 11 is 0. The molecule has 0 heterocycles. The molecule has 1 N–H and O–H groups in total. The van der Waals surface area contributed by atoms with E-state index < -0.39 is 5.97 Å². The first-order chi connectivity index (χ1) is 13.6. The van der Waals surface area contributed by atoms with Gasteiger partial charge in [-0.15, -0.1) is 0 Å². The van der Waals surface area contributed by atoms with E-state index in [0.29, 0.717) is 29.4 Å². The Morgan fingerprint density at radius 2 is 1.68 bits per heavy atom. The van der Waals surface area contributed by atoms with Gasteiger partial charge in [-0.05, 0) is 47.5 Å². The lowest BCUT2D eigenvalue weighted by atomic mass is 9.98. The van der Waals surface area contributed by atoms with Gasteiger partial charge in [0.15, 0.2) is 11.5 Å². The van der Waals surface area contributed by atoms with Gasteiger partial charge in [-0.25, -0.2) is 4.79 Å². The average molecular weight is 378 g/mol. The van der Waals surface area contributed by atoms with Crippen LogP contribution in [0.3, 0.4) is 0 Å². The van der Waals surface area contributed by atoms with E-state index in [1.807, 2.05) is 43.3 Å². The van der Waals surface area contributed by atoms with Crippen molar-refractivity contribution in [2.75, 3.05) is 20.8 Å². The van der Waals surface area contributed by atoms with Gasteiger partial charge >= 0.3 is 5.97 Å². The number of methoxy groups -OCH3 is 2. The summed E-state index contributed by atoms with van der Waals surface area (Å²) in [4.78, 5) is 12.1. The average Bonchev–Trinajstić information content (AvgIpc) is 2.72. The number of carboxylic acid groups (broad SMARTS) is 1. The van der Waals surface area contributed by atoms with Crippen LogP contribution in [-0.4, -0.2) is 31.9 Å². The maximum absolute atomic E-state index is 12.1. The van der Waals surface area contributed by atoms with Crippen LogP contribution >= 0.6 is 0 Å². The van der Waals surface area contributed by atoms with Gasteiger partial charge in [-0.2, -0.15) is 0 Å². The highest BCUT2D eigenvalue weighted by atomic mass is 16.5. The molecule has 3 aromatic carbocycles. The zero-order valence-electron chi connectivity index (χ0n) is 16.1. The number of aliphatic carboxylic acids is 1. The van der Waals surface area contributed by atoms with Crippen molar-refractivity contribution in [1.82, 2.24) is 0 Å². The van der Waals surface area contributed by atoms with Crippen molar-refractivity contribution in [3.8, 4) is 17.2 Å². The van der Waals surface area contributed by atoms with E-state index in [2.05, 4.69) is 0 Å². The molecule has 0 saturated heterocycles. The largest absolute Gasteiger partial charge is 0.493 e. The second-order valence-electron chi connectivity index (χ2n) is 6.06. The van der Waals surface area contributed by atoms with E-state index in [9.17, 15) is 9.90 Å². The van der Waals surface area contributed by atoms with Crippen LogP contribution in [0.15, 0.2) is 54.6 Å². The second-order valence-corrected chi connectivity index (χ2v) is 6.06. The molecule has 0 unspecified atom stereocenters. The summed E-state index contributed by atoms with van der Waals surface area (Å²) in [5.41, 5.74) is 1.38. The van der Waals surface area contributed by atoms with Crippen LogP contribution in [-0.2, 0) is 4.79 Å². The summed E-state index contributed by atoms with van der Waals surface area (Å²) < 4.78 is 16.3. The summed E-state index contributed by atoms with van der Waals surface area (Å²) in [5, 5.41) is 11.8. The fourth-order valence-electron chi connectivity index (χ4n) is 3.12. The summed E-state index contributed by atoms with van der Waals surface area (Å²) in [6, 6.07) is 16.7. The minimum Gasteiger partial charge on any atom is -0.493 e. The number of rotatable bonds is 7. The minimum atomic E-state index is -1.04. The van der Waals surface area contributed by atoms with Crippen LogP contribution in [0.2, 0.25) is 0 Å². The van der Waals surface area contributed by atoms with Crippen molar-refractivity contribution < 1.29 is 24.1 Å². The van der Waals surface area contributed by atoms with E-state index >= 15 is 0 Å². The van der Waals surface area contributed by atoms with Crippen molar-refractivity contribution in [2.24, 2.45) is 0 Å². The van der Waals surface area contributed by atoms with Gasteiger partial charge in [-0.1, -0.05) is 36.4 Å². The number of ether oxygens (including phenoxy) is 3. The molecule has 0 fully saturated rings. The molecule has 0 atom stereocenters. The molecule has 0 radical (unpaired) electrons. The standard InChI is InChI=1S/C23H22O5/c1-4-28-20-11-9-15-7-5-6-8-17(15)19(20)14-18(23(24)25)16-10-12-21(26-2)22(13-16)27-3/h5-14H,4H2,1-3H3,(H,24,25)/b18-14+. The topological polar surface area (TPSA) is 65.0 Å². The molecule has 3 aromatic rings. The van der Waals surface area contributed by atoms with Gasteiger partial charge in [0.1, 0.15) is 5.75 Å². The molecule has 0 aliphatic carbocycles. The van der Waals surface area contributed by atoms with Gasteiger partial charge in [-0.3, -0.25) is 0 Å². The highest BCUT2D eigenvalue weighted by molar-refractivity contribution is 6.22. The van der Waals surface area contributed by atoms with Crippen molar-refractivity contribution in [3.05, 3.63) is 65.7 Å². The third-order valence-electron chi connectivity index (χ3n) is 4.44. The predicted molar refractivity (Wildman–Crippen MR) is 110 cm³/mol. The summed E-state index contributed by atoms with van der Waals surface area (Å²) in [5.74, 6) is 0.606. The molecule has 144 valence electrons. The first-order valence-electron chi connectivity index (χ1n) is 8.91. The van der Waals surface area contributed by atoms with Crippen molar-refractivity contribution in [1.29, 1.82) is 0 Å². The van der Waals surface area contributed by atoms with E-state index in [-0.39, 0.29) is 5.57 Å². The quantitative estimate of drug-likeness (QED) is 0.469. The molecule has 0 aliphatic heterocycles. The Morgan fingerprint density at radius 3 is 2.36 bits per heavy atom. The van der Waals surface area contributed by atoms with E-state index in [4.69, 9.17) is 14.2 Å². The van der Waals surface area contributed by atoms with Crippen molar-refractivity contribution in [3.63, 3.8) is 0 Å². The summed E-state index contributed by atoms with van der Waals surface area (Å²) in [6.45, 7) is 2.38. The second kappa shape index (κ2) is 8.48. The third-order valence-corrected chi connectivity index (χ3v) is 4.44. The van der Waals surface area contributed by atoms with E-state index in [0.717, 1.165) is 16.3 Å². The molecular formula is C23H22O5. The van der Waals surface area contributed by atoms with Crippen LogP contribution in [0.1, 0.15) is 18.1 Å². The molecule has 0 spiro atoms. The number of benzene rings is 3. The first-order valence-corrected chi connectivity index (χ1v) is 8.91. The van der Waals surface area contributed by atoms with Crippen LogP contribution < -0.4 is 14.2 Å². The monoisotopic (exact) mass is 378 g/mol. The fraction of sp³-hybridized carbons (Fsp3) is 0.174. The van der Waals surface area contributed by atoms with E-state index in [1.165, 1.54) is 14.2 Å². The minimum absolute atomic E-state index is 0.137. The molecule has 3 rings (SSSR count). The number of carbonyl (C=O) groups is 1. The molecule has 5 nitrogen and oxygen atoms in total. The lowest BCUT2D eigenvalue weighted by Crippen LogP contribution is -2.02. The molecule has 0 aliphatic rings. The molecule has 5 heteroatoms. The zero-order chi connectivity index (χ0) is 20.1. The molecule has 28 heavy (non-hydrogen) atoms. The molecule has 0 saturated carbocycles. The van der Waals surface area contributed by atoms with E-state index in [1.54, 1.807) is 24.3 Å². The highest BCUT2D eigenvalue weighted by Gasteiger charge is 2.16. The molecular weight excluding hydrogens is 356 g/mol. The maximum Gasteiger partial charge on any atom is 0.336 e. The predicted octanol–water partition coefficient (Wildman–Crippen LogP) is 4.88. The number of hydrogen-bond donors (Lipinski definition) is 1. The van der Waals surface area contributed by atoms with Gasteiger partial charge in [0.05, 0.1) is 26.4 Å². The third kappa shape index (κ3) is 3.78. The van der Waals surface area contributed by atoms with Gasteiger partial charge in [0.25, 0.3) is 0 Å². The number of carboxylic acids is 1. The zero-order valence-corrected chi connectivity index (χ0v) is 16.1. The lowest BCUT2D eigenvalue weighted by Gasteiger charge is -2.13. The Bertz CT molecular complexity index is 1040. The van der Waals surface area contributed by atoms with Crippen molar-refractivity contribution >= 4 is 28.4 Å². The fourth-order valence-corrected chi connectivity index (χ4v) is 3.12. The smallest absolute Gasteiger partial charge is 0.336 e. The Kier molecular flexibility index (Phi) is 5.84. The van der Waals surface area contributed by atoms with Crippen LogP contribution in [0, 0.1) is 0 Å². The maximum atomic E-state index is 12.1. The normalized spacial score (nSPS) is 11.3. The molecule has 0 aromatic heterocycles. The Morgan fingerprint density at radius 1 is 0.964 bits per heavy atom. The SMILES string of the molecule is CCOc1ccc2ccccc2c1/C=C(/C(=O)O)c1ccc(OC)c(OC)c1. The van der Waals surface area contributed by atoms with Gasteiger partial charge in [0.2, 0.25) is 0 Å². The van der Waals surface area contributed by atoms with Crippen molar-refractivity contribution in [2.45, 2.75) is 6.92 Å². The summed E-state index contributed by atoms with van der Waals surface area (Å²) in [6.07, 6.45) is 1.65. The van der Waals surface area contributed by atoms with Crippen LogP contribution in [0.4, 0.5) is 0 Å². The first kappa shape index (κ1) is 19.3. The molecule has 0 bridgehead atoms. The number of hydrogen-bond acceptors (Lipinski definition) is 4. The summed E-state index contributed by atoms with van der Waals surface area (Å²) in [7, 11) is 3.06. The van der Waals surface area contributed by atoms with Gasteiger partial charge < -0.3 is 19.3 Å². The Labute approximate surface area is 163 Å². The Hall–Kier alpha value is -3.47. The van der Waals surface area contributed by atoms with Crippen LogP contribution in [0.5, 0.6) is 17.2 Å². The molecule has 0 amide bonds. The van der Waals surface area contributed by atoms with Gasteiger partial charge in [0, 0.05) is 5.56 Å². The Balaban J connectivity index is 2.24. The lowest BCUT2D eigenvalue weighted by molar-refractivity contribution is -0.130. The van der Waals surface area contributed by atoms with Crippen LogP contribution in [0.25, 0.3) is 22.4 Å².